The molecule has 106 valence electrons. The average Bonchev–Trinajstić information content (AvgIpc) is 2.83. The van der Waals surface area contributed by atoms with Crippen molar-refractivity contribution in [2.45, 2.75) is 18.9 Å². The molecule has 1 saturated heterocycles. The molecule has 0 spiro atoms. The molecule has 1 aromatic heterocycles. The molecule has 2 heterocycles. The number of nitrogens with two attached hydrogens (primary N) is 1. The van der Waals surface area contributed by atoms with Crippen LogP contribution in [0.5, 0.6) is 0 Å². The van der Waals surface area contributed by atoms with E-state index in [2.05, 4.69) is 33.9 Å². The van der Waals surface area contributed by atoms with Gasteiger partial charge in [-0.25, -0.2) is 9.97 Å². The largest absolute Gasteiger partial charge is 0.399 e. The van der Waals surface area contributed by atoms with Crippen LogP contribution < -0.4 is 10.6 Å². The third kappa shape index (κ3) is 2.41. The summed E-state index contributed by atoms with van der Waals surface area (Å²) >= 11 is 0. The van der Waals surface area contributed by atoms with Gasteiger partial charge < -0.3 is 15.5 Å². The Morgan fingerprint density at radius 3 is 3.00 bits per heavy atom. The molecule has 5 nitrogen and oxygen atoms in total. The number of nitrogens with zero attached hydrogens (tertiary/aromatic N) is 4. The minimum Gasteiger partial charge on any atom is -0.399 e. The Morgan fingerprint density at radius 2 is 2.25 bits per heavy atom. The fourth-order valence-electron chi connectivity index (χ4n) is 2.98. The van der Waals surface area contributed by atoms with Crippen LogP contribution in [-0.4, -0.2) is 48.1 Å². The minimum absolute atomic E-state index is 0.610. The lowest BCUT2D eigenvalue weighted by molar-refractivity contribution is 0.314. The first-order valence-electron chi connectivity index (χ1n) is 7.07. The summed E-state index contributed by atoms with van der Waals surface area (Å²) in [5, 5.41) is 1.06. The summed E-state index contributed by atoms with van der Waals surface area (Å²) < 4.78 is 0. The van der Waals surface area contributed by atoms with E-state index in [9.17, 15) is 0 Å². The number of aromatic nitrogens is 2. The van der Waals surface area contributed by atoms with Gasteiger partial charge in [-0.3, -0.25) is 0 Å². The van der Waals surface area contributed by atoms with Crippen LogP contribution >= 0.6 is 0 Å². The summed E-state index contributed by atoms with van der Waals surface area (Å²) in [4.78, 5) is 13.4. The van der Waals surface area contributed by atoms with Gasteiger partial charge in [-0.2, -0.15) is 0 Å². The van der Waals surface area contributed by atoms with Crippen molar-refractivity contribution in [1.82, 2.24) is 14.9 Å². The molecule has 0 amide bonds. The first-order chi connectivity index (χ1) is 9.65. The van der Waals surface area contributed by atoms with Crippen molar-refractivity contribution in [3.8, 4) is 0 Å². The van der Waals surface area contributed by atoms with Crippen molar-refractivity contribution in [3.63, 3.8) is 0 Å². The summed E-state index contributed by atoms with van der Waals surface area (Å²) in [5.74, 6) is 0.982. The highest BCUT2D eigenvalue weighted by Gasteiger charge is 2.23. The molecular formula is C15H21N5. The molecule has 20 heavy (non-hydrogen) atoms. The number of likely N-dealkylation sites (N-methyl/N-ethyl adjacent to an activating group) is 2. The lowest BCUT2D eigenvalue weighted by Gasteiger charge is -2.27. The smallest absolute Gasteiger partial charge is 0.139 e. The number of nitrogen functional groups attached to an aromatic ring is 1. The predicted octanol–water partition coefficient (Wildman–Crippen LogP) is 1.74. The van der Waals surface area contributed by atoms with Gasteiger partial charge in [0.1, 0.15) is 12.1 Å². The summed E-state index contributed by atoms with van der Waals surface area (Å²) in [6.45, 7) is 2.19. The van der Waals surface area contributed by atoms with Gasteiger partial charge >= 0.3 is 0 Å². The van der Waals surface area contributed by atoms with Crippen molar-refractivity contribution < 1.29 is 0 Å². The molecule has 1 aliphatic heterocycles. The van der Waals surface area contributed by atoms with E-state index < -0.39 is 0 Å². The van der Waals surface area contributed by atoms with E-state index in [4.69, 9.17) is 5.73 Å². The van der Waals surface area contributed by atoms with E-state index in [0.29, 0.717) is 6.04 Å². The van der Waals surface area contributed by atoms with Gasteiger partial charge in [-0.05, 0) is 44.6 Å². The minimum atomic E-state index is 0.610. The van der Waals surface area contributed by atoms with Crippen molar-refractivity contribution in [3.05, 3.63) is 24.5 Å². The molecule has 3 rings (SSSR count). The normalized spacial score (nSPS) is 19.6. The summed E-state index contributed by atoms with van der Waals surface area (Å²) in [6, 6.07) is 6.43. The zero-order chi connectivity index (χ0) is 14.1. The van der Waals surface area contributed by atoms with Gasteiger partial charge in [-0.1, -0.05) is 0 Å². The quantitative estimate of drug-likeness (QED) is 0.862. The molecule has 0 radical (unpaired) electrons. The van der Waals surface area contributed by atoms with E-state index in [0.717, 1.165) is 29.0 Å². The van der Waals surface area contributed by atoms with Crippen LogP contribution in [0.3, 0.4) is 0 Å². The molecule has 2 N–H and O–H groups in total. The first-order valence-corrected chi connectivity index (χ1v) is 7.07. The number of hydrogen-bond acceptors (Lipinski definition) is 5. The van der Waals surface area contributed by atoms with Gasteiger partial charge in [0.25, 0.3) is 0 Å². The molecule has 5 heteroatoms. The highest BCUT2D eigenvalue weighted by Crippen LogP contribution is 2.25. The lowest BCUT2D eigenvalue weighted by atomic mass is 10.2. The maximum Gasteiger partial charge on any atom is 0.139 e. The molecule has 1 aromatic carbocycles. The maximum absolute atomic E-state index is 5.82. The Labute approximate surface area is 119 Å². The van der Waals surface area contributed by atoms with Crippen LogP contribution in [0.1, 0.15) is 12.8 Å². The highest BCUT2D eigenvalue weighted by molar-refractivity contribution is 5.91. The van der Waals surface area contributed by atoms with E-state index >= 15 is 0 Å². The van der Waals surface area contributed by atoms with Gasteiger partial charge in [-0.15, -0.1) is 0 Å². The first kappa shape index (κ1) is 13.1. The second-order valence-corrected chi connectivity index (χ2v) is 5.63. The van der Waals surface area contributed by atoms with Crippen molar-refractivity contribution in [2.75, 3.05) is 37.8 Å². The number of likely N-dealkylation sites (tertiary alicyclic amines) is 1. The van der Waals surface area contributed by atoms with Crippen LogP contribution in [0, 0.1) is 0 Å². The third-order valence-electron chi connectivity index (χ3n) is 4.16. The molecule has 1 unspecified atom stereocenters. The molecule has 2 aromatic rings. The molecule has 1 fully saturated rings. The zero-order valence-corrected chi connectivity index (χ0v) is 12.1. The zero-order valence-electron chi connectivity index (χ0n) is 12.1. The average molecular weight is 271 g/mol. The van der Waals surface area contributed by atoms with Gasteiger partial charge in [0.05, 0.1) is 5.52 Å². The SMILES string of the molecule is CN(CC1CCCN1C)c1ncnc2cc(N)ccc12. The summed E-state index contributed by atoms with van der Waals surface area (Å²) in [6.07, 6.45) is 4.17. The van der Waals surface area contributed by atoms with E-state index in [1.165, 1.54) is 19.4 Å². The second kappa shape index (κ2) is 5.25. The number of hydrogen-bond donors (Lipinski definition) is 1. The Morgan fingerprint density at radius 1 is 1.40 bits per heavy atom. The van der Waals surface area contributed by atoms with Crippen molar-refractivity contribution >= 4 is 22.4 Å². The maximum atomic E-state index is 5.82. The van der Waals surface area contributed by atoms with Crippen LogP contribution in [0.25, 0.3) is 10.9 Å². The van der Waals surface area contributed by atoms with Crippen molar-refractivity contribution in [1.29, 1.82) is 0 Å². The summed E-state index contributed by atoms with van der Waals surface area (Å²) in [5.41, 5.74) is 7.46. The Bertz CT molecular complexity index is 612. The lowest BCUT2D eigenvalue weighted by Crippen LogP contribution is -2.37. The van der Waals surface area contributed by atoms with Crippen LogP contribution in [0.4, 0.5) is 11.5 Å². The number of fused-ring (bicyclic) bond motifs is 1. The topological polar surface area (TPSA) is 58.3 Å². The Hall–Kier alpha value is -1.88. The fraction of sp³-hybridized carbons (Fsp3) is 0.467. The van der Waals surface area contributed by atoms with E-state index in [1.54, 1.807) is 6.33 Å². The van der Waals surface area contributed by atoms with E-state index in [1.807, 2.05) is 18.2 Å². The Balaban J connectivity index is 1.89. The molecule has 0 bridgehead atoms. The predicted molar refractivity (Wildman–Crippen MR) is 82.9 cm³/mol. The molecule has 0 saturated carbocycles. The van der Waals surface area contributed by atoms with Gasteiger partial charge in [0, 0.05) is 30.7 Å². The van der Waals surface area contributed by atoms with Gasteiger partial charge in [0.2, 0.25) is 0 Å². The van der Waals surface area contributed by atoms with Crippen LogP contribution in [0.15, 0.2) is 24.5 Å². The highest BCUT2D eigenvalue weighted by atomic mass is 15.2. The third-order valence-corrected chi connectivity index (χ3v) is 4.16. The Kier molecular flexibility index (Phi) is 3.44. The molecule has 1 atom stereocenters. The fourth-order valence-corrected chi connectivity index (χ4v) is 2.98. The van der Waals surface area contributed by atoms with Crippen LogP contribution in [-0.2, 0) is 0 Å². The van der Waals surface area contributed by atoms with Gasteiger partial charge in [0.15, 0.2) is 0 Å². The molecule has 0 aliphatic carbocycles. The van der Waals surface area contributed by atoms with Crippen LogP contribution in [0.2, 0.25) is 0 Å². The summed E-state index contributed by atoms with van der Waals surface area (Å²) in [7, 11) is 4.30. The van der Waals surface area contributed by atoms with Crippen molar-refractivity contribution in [2.24, 2.45) is 0 Å². The number of benzene rings is 1. The monoisotopic (exact) mass is 271 g/mol. The molecular weight excluding hydrogens is 250 g/mol. The standard InChI is InChI=1S/C15H21N5/c1-19-7-3-4-12(19)9-20(2)15-13-6-5-11(16)8-14(13)17-10-18-15/h5-6,8,10,12H,3-4,7,9,16H2,1-2H3. The van der Waals surface area contributed by atoms with E-state index in [-0.39, 0.29) is 0 Å². The second-order valence-electron chi connectivity index (χ2n) is 5.63. The number of anilines is 2. The number of rotatable bonds is 3. The molecule has 1 aliphatic rings.